The van der Waals surface area contributed by atoms with E-state index >= 15 is 0 Å². The van der Waals surface area contributed by atoms with Crippen LogP contribution in [0.1, 0.15) is 43.0 Å². The van der Waals surface area contributed by atoms with Gasteiger partial charge in [-0.2, -0.15) is 5.10 Å². The molecule has 3 heterocycles. The van der Waals surface area contributed by atoms with E-state index in [0.29, 0.717) is 18.9 Å². The van der Waals surface area contributed by atoms with Crippen molar-refractivity contribution < 1.29 is 4.79 Å². The number of fused-ring (bicyclic) bond motifs is 1. The number of amides is 1. The fourth-order valence-electron chi connectivity index (χ4n) is 3.93. The van der Waals surface area contributed by atoms with E-state index in [1.165, 1.54) is 10.9 Å². The molecule has 0 aliphatic rings. The van der Waals surface area contributed by atoms with Gasteiger partial charge in [0.25, 0.3) is 0 Å². The summed E-state index contributed by atoms with van der Waals surface area (Å²) in [7, 11) is 0. The van der Waals surface area contributed by atoms with Gasteiger partial charge in [0.05, 0.1) is 12.2 Å². The smallest absolute Gasteiger partial charge is 0.226 e. The molecule has 2 N–H and O–H groups in total. The first-order valence-electron chi connectivity index (χ1n) is 10.3. The van der Waals surface area contributed by atoms with E-state index in [9.17, 15) is 4.79 Å². The van der Waals surface area contributed by atoms with Crippen molar-refractivity contribution in [1.82, 2.24) is 19.7 Å². The zero-order valence-electron chi connectivity index (χ0n) is 17.6. The molecule has 154 valence electrons. The van der Waals surface area contributed by atoms with Crippen molar-refractivity contribution >= 4 is 22.6 Å². The van der Waals surface area contributed by atoms with E-state index in [4.69, 9.17) is 0 Å². The quantitative estimate of drug-likeness (QED) is 0.463. The number of nitrogens with one attached hydrogen (secondary N) is 2. The molecule has 0 aliphatic carbocycles. The topological polar surface area (TPSA) is 75.6 Å². The van der Waals surface area contributed by atoms with Crippen LogP contribution in [0.15, 0.2) is 61.1 Å². The molecule has 1 unspecified atom stereocenters. The Balaban J connectivity index is 1.52. The third-order valence-electron chi connectivity index (χ3n) is 5.48. The number of aromatic nitrogens is 4. The molecule has 4 rings (SSSR count). The second-order valence-corrected chi connectivity index (χ2v) is 8.08. The summed E-state index contributed by atoms with van der Waals surface area (Å²) in [6, 6.07) is 14.1. The SMILES string of the molecule is Cc1cc(NC(=O)CC(c2c[nH]c3ccccc23)C(C)C)n(Cc2ccncc2)n1. The number of para-hydroxylation sites is 1. The Bertz CT molecular complexity index is 1140. The van der Waals surface area contributed by atoms with Gasteiger partial charge in [-0.05, 0) is 48.1 Å². The van der Waals surface area contributed by atoms with Gasteiger partial charge in [0, 0.05) is 42.0 Å². The Morgan fingerprint density at radius 3 is 2.70 bits per heavy atom. The summed E-state index contributed by atoms with van der Waals surface area (Å²) >= 11 is 0. The Morgan fingerprint density at radius 2 is 1.93 bits per heavy atom. The molecule has 1 atom stereocenters. The maximum Gasteiger partial charge on any atom is 0.226 e. The third-order valence-corrected chi connectivity index (χ3v) is 5.48. The van der Waals surface area contributed by atoms with E-state index in [1.54, 1.807) is 12.4 Å². The number of carbonyl (C=O) groups is 1. The number of hydrogen-bond donors (Lipinski definition) is 2. The number of pyridine rings is 1. The monoisotopic (exact) mass is 401 g/mol. The van der Waals surface area contributed by atoms with E-state index in [0.717, 1.165) is 22.6 Å². The molecule has 4 aromatic rings. The minimum absolute atomic E-state index is 0.00476. The molecular formula is C24H27N5O. The van der Waals surface area contributed by atoms with Crippen LogP contribution in [-0.2, 0) is 11.3 Å². The number of benzene rings is 1. The second kappa shape index (κ2) is 8.53. The highest BCUT2D eigenvalue weighted by atomic mass is 16.1. The summed E-state index contributed by atoms with van der Waals surface area (Å²) in [5, 5.41) is 8.81. The van der Waals surface area contributed by atoms with Crippen molar-refractivity contribution in [3.63, 3.8) is 0 Å². The summed E-state index contributed by atoms with van der Waals surface area (Å²) in [5.41, 5.74) is 4.25. The van der Waals surface area contributed by atoms with Crippen molar-refractivity contribution in [2.24, 2.45) is 5.92 Å². The molecular weight excluding hydrogens is 374 g/mol. The number of rotatable bonds is 7. The molecule has 3 aromatic heterocycles. The Labute approximate surface area is 176 Å². The fraction of sp³-hybridized carbons (Fsp3) is 0.292. The van der Waals surface area contributed by atoms with Crippen LogP contribution in [0.3, 0.4) is 0 Å². The highest BCUT2D eigenvalue weighted by Gasteiger charge is 2.23. The number of H-pyrrole nitrogens is 1. The van der Waals surface area contributed by atoms with Crippen LogP contribution < -0.4 is 5.32 Å². The summed E-state index contributed by atoms with van der Waals surface area (Å²) in [6.45, 7) is 6.85. The molecule has 0 saturated carbocycles. The van der Waals surface area contributed by atoms with Crippen LogP contribution in [0, 0.1) is 12.8 Å². The molecule has 0 bridgehead atoms. The van der Waals surface area contributed by atoms with Crippen LogP contribution in [0.5, 0.6) is 0 Å². The molecule has 0 radical (unpaired) electrons. The maximum atomic E-state index is 13.0. The van der Waals surface area contributed by atoms with Gasteiger partial charge in [-0.15, -0.1) is 0 Å². The number of aromatic amines is 1. The summed E-state index contributed by atoms with van der Waals surface area (Å²) in [4.78, 5) is 20.4. The Kier molecular flexibility index (Phi) is 5.65. The molecule has 0 fully saturated rings. The average molecular weight is 402 g/mol. The van der Waals surface area contributed by atoms with Gasteiger partial charge in [-0.3, -0.25) is 9.78 Å². The standard InChI is InChI=1S/C24H27N5O/c1-16(2)20(21-14-26-22-7-5-4-6-19(21)22)13-24(30)27-23-12-17(3)28-29(23)15-18-8-10-25-11-9-18/h4-12,14,16,20,26H,13,15H2,1-3H3,(H,27,30). The highest BCUT2D eigenvalue weighted by molar-refractivity contribution is 5.91. The highest BCUT2D eigenvalue weighted by Crippen LogP contribution is 2.33. The van der Waals surface area contributed by atoms with Gasteiger partial charge in [-0.1, -0.05) is 32.0 Å². The zero-order chi connectivity index (χ0) is 21.1. The minimum atomic E-state index is -0.00476. The van der Waals surface area contributed by atoms with Gasteiger partial charge < -0.3 is 10.3 Å². The van der Waals surface area contributed by atoms with Crippen molar-refractivity contribution in [2.75, 3.05) is 5.32 Å². The minimum Gasteiger partial charge on any atom is -0.361 e. The predicted molar refractivity (Wildman–Crippen MR) is 119 cm³/mol. The summed E-state index contributed by atoms with van der Waals surface area (Å²) < 4.78 is 1.83. The normalized spacial score (nSPS) is 12.4. The van der Waals surface area contributed by atoms with Gasteiger partial charge >= 0.3 is 0 Å². The van der Waals surface area contributed by atoms with Gasteiger partial charge in [0.15, 0.2) is 0 Å². The van der Waals surface area contributed by atoms with Gasteiger partial charge in [0.2, 0.25) is 5.91 Å². The molecule has 0 aliphatic heterocycles. The predicted octanol–water partition coefficient (Wildman–Crippen LogP) is 4.88. The van der Waals surface area contributed by atoms with Crippen LogP contribution in [0.2, 0.25) is 0 Å². The molecule has 6 nitrogen and oxygen atoms in total. The van der Waals surface area contributed by atoms with Gasteiger partial charge in [0.1, 0.15) is 5.82 Å². The zero-order valence-corrected chi connectivity index (χ0v) is 17.6. The average Bonchev–Trinajstić information content (AvgIpc) is 3.30. The van der Waals surface area contributed by atoms with Crippen LogP contribution in [0.4, 0.5) is 5.82 Å². The van der Waals surface area contributed by atoms with Crippen molar-refractivity contribution in [3.05, 3.63) is 77.9 Å². The number of aryl methyl sites for hydroxylation is 1. The lowest BCUT2D eigenvalue weighted by atomic mass is 9.85. The lowest BCUT2D eigenvalue weighted by Gasteiger charge is -2.20. The Morgan fingerprint density at radius 1 is 1.17 bits per heavy atom. The van der Waals surface area contributed by atoms with E-state index < -0.39 is 0 Å². The first-order chi connectivity index (χ1) is 14.5. The number of hydrogen-bond acceptors (Lipinski definition) is 3. The van der Waals surface area contributed by atoms with E-state index in [-0.39, 0.29) is 11.8 Å². The molecule has 0 spiro atoms. The lowest BCUT2D eigenvalue weighted by Crippen LogP contribution is -2.20. The largest absolute Gasteiger partial charge is 0.361 e. The van der Waals surface area contributed by atoms with Crippen LogP contribution in [0.25, 0.3) is 10.9 Å². The first-order valence-corrected chi connectivity index (χ1v) is 10.3. The van der Waals surface area contributed by atoms with Gasteiger partial charge in [-0.25, -0.2) is 4.68 Å². The molecule has 1 aromatic carbocycles. The van der Waals surface area contributed by atoms with Crippen molar-refractivity contribution in [3.8, 4) is 0 Å². The van der Waals surface area contributed by atoms with Crippen LogP contribution >= 0.6 is 0 Å². The number of anilines is 1. The fourth-order valence-corrected chi connectivity index (χ4v) is 3.93. The summed E-state index contributed by atoms with van der Waals surface area (Å²) in [6.07, 6.45) is 5.98. The Hall–Kier alpha value is -3.41. The van der Waals surface area contributed by atoms with Crippen LogP contribution in [-0.4, -0.2) is 25.7 Å². The molecule has 0 saturated heterocycles. The lowest BCUT2D eigenvalue weighted by molar-refractivity contribution is -0.116. The third kappa shape index (κ3) is 4.27. The molecule has 1 amide bonds. The van der Waals surface area contributed by atoms with E-state index in [2.05, 4.69) is 46.4 Å². The molecule has 6 heteroatoms. The number of nitrogens with zero attached hydrogens (tertiary/aromatic N) is 3. The summed E-state index contributed by atoms with van der Waals surface area (Å²) in [5.74, 6) is 1.17. The molecule has 30 heavy (non-hydrogen) atoms. The van der Waals surface area contributed by atoms with Crippen molar-refractivity contribution in [2.45, 2.75) is 39.7 Å². The second-order valence-electron chi connectivity index (χ2n) is 8.08. The van der Waals surface area contributed by atoms with E-state index in [1.807, 2.05) is 48.1 Å². The number of carbonyl (C=O) groups excluding carboxylic acids is 1. The van der Waals surface area contributed by atoms with Crippen molar-refractivity contribution in [1.29, 1.82) is 0 Å². The first kappa shape index (κ1) is 19.9. The maximum absolute atomic E-state index is 13.0.